The Morgan fingerprint density at radius 3 is 2.32 bits per heavy atom. The van der Waals surface area contributed by atoms with Crippen LogP contribution in [0.15, 0.2) is 40.8 Å². The maximum atomic E-state index is 10.1. The van der Waals surface area contributed by atoms with Crippen LogP contribution in [0.2, 0.25) is 10.0 Å². The van der Waals surface area contributed by atoms with Gasteiger partial charge in [-0.25, -0.2) is 0 Å². The lowest BCUT2D eigenvalue weighted by molar-refractivity contribution is 0.373. The van der Waals surface area contributed by atoms with Crippen molar-refractivity contribution in [3.05, 3.63) is 46.4 Å². The van der Waals surface area contributed by atoms with Crippen molar-refractivity contribution >= 4 is 23.2 Å². The Hall–Kier alpha value is -2.24. The summed E-state index contributed by atoms with van der Waals surface area (Å²) in [4.78, 5) is 0. The molecule has 0 unspecified atom stereocenters. The lowest BCUT2D eigenvalue weighted by Gasteiger charge is -2.05. The number of halogens is 2. The molecular formula is C15H10Cl2N2O3. The molecule has 0 aliphatic heterocycles. The summed E-state index contributed by atoms with van der Waals surface area (Å²) in [5.74, 6) is 0.550. The van der Waals surface area contributed by atoms with E-state index in [-0.39, 0.29) is 17.5 Å². The van der Waals surface area contributed by atoms with E-state index in [1.165, 1.54) is 7.11 Å². The molecule has 1 aromatic heterocycles. The maximum absolute atomic E-state index is 10.1. The number of hydrogen-bond donors (Lipinski definition) is 1. The van der Waals surface area contributed by atoms with Gasteiger partial charge in [0.05, 0.1) is 28.3 Å². The van der Waals surface area contributed by atoms with Crippen LogP contribution in [0.4, 0.5) is 0 Å². The zero-order chi connectivity index (χ0) is 15.7. The van der Waals surface area contributed by atoms with Gasteiger partial charge in [-0.1, -0.05) is 35.3 Å². The number of benzene rings is 2. The van der Waals surface area contributed by atoms with Gasteiger partial charge in [-0.3, -0.25) is 0 Å². The minimum Gasteiger partial charge on any atom is -0.504 e. The van der Waals surface area contributed by atoms with Crippen LogP contribution < -0.4 is 4.74 Å². The van der Waals surface area contributed by atoms with Gasteiger partial charge in [0, 0.05) is 0 Å². The summed E-state index contributed by atoms with van der Waals surface area (Å²) < 4.78 is 10.6. The molecule has 0 aliphatic rings. The Labute approximate surface area is 136 Å². The van der Waals surface area contributed by atoms with Crippen molar-refractivity contribution in [2.24, 2.45) is 0 Å². The summed E-state index contributed by atoms with van der Waals surface area (Å²) in [7, 11) is 1.46. The van der Waals surface area contributed by atoms with Gasteiger partial charge in [0.1, 0.15) is 0 Å². The quantitative estimate of drug-likeness (QED) is 0.766. The molecule has 7 heteroatoms. The third-order valence-corrected chi connectivity index (χ3v) is 3.68. The van der Waals surface area contributed by atoms with Crippen LogP contribution in [0, 0.1) is 0 Å². The molecule has 1 N–H and O–H groups in total. The highest BCUT2D eigenvalue weighted by Gasteiger charge is 2.19. The van der Waals surface area contributed by atoms with Crippen molar-refractivity contribution in [1.82, 2.24) is 10.2 Å². The number of nitrogens with zero attached hydrogens (tertiary/aromatic N) is 2. The summed E-state index contributed by atoms with van der Waals surface area (Å²) in [5, 5.41) is 18.8. The van der Waals surface area contributed by atoms with E-state index in [1.54, 1.807) is 36.4 Å². The van der Waals surface area contributed by atoms with E-state index in [4.69, 9.17) is 32.4 Å². The average Bonchev–Trinajstić information content (AvgIpc) is 2.96. The molecule has 0 amide bonds. The zero-order valence-corrected chi connectivity index (χ0v) is 12.9. The van der Waals surface area contributed by atoms with Crippen LogP contribution in [0.3, 0.4) is 0 Å². The van der Waals surface area contributed by atoms with Crippen molar-refractivity contribution < 1.29 is 14.3 Å². The van der Waals surface area contributed by atoms with E-state index in [2.05, 4.69) is 10.2 Å². The maximum Gasteiger partial charge on any atom is 0.252 e. The summed E-state index contributed by atoms with van der Waals surface area (Å²) in [6.07, 6.45) is 0. The summed E-state index contributed by atoms with van der Waals surface area (Å²) in [6, 6.07) is 10.1. The number of para-hydroxylation sites is 1. The number of phenols is 1. The second-order valence-electron chi connectivity index (χ2n) is 4.37. The molecule has 0 bridgehead atoms. The molecule has 0 aliphatic carbocycles. The van der Waals surface area contributed by atoms with Crippen molar-refractivity contribution in [2.75, 3.05) is 7.11 Å². The highest BCUT2D eigenvalue weighted by Crippen LogP contribution is 2.39. The molecule has 1 heterocycles. The summed E-state index contributed by atoms with van der Waals surface area (Å²) >= 11 is 12.2. The predicted molar refractivity (Wildman–Crippen MR) is 83.4 cm³/mol. The number of rotatable bonds is 3. The van der Waals surface area contributed by atoms with Crippen molar-refractivity contribution in [3.63, 3.8) is 0 Å². The van der Waals surface area contributed by atoms with Crippen molar-refractivity contribution in [3.8, 4) is 34.4 Å². The van der Waals surface area contributed by atoms with Crippen LogP contribution in [-0.4, -0.2) is 22.4 Å². The molecule has 112 valence electrons. The fourth-order valence-corrected chi connectivity index (χ4v) is 2.55. The molecule has 0 fully saturated rings. The van der Waals surface area contributed by atoms with Gasteiger partial charge >= 0.3 is 0 Å². The first kappa shape index (κ1) is 14.7. The van der Waals surface area contributed by atoms with Gasteiger partial charge in [0.25, 0.3) is 11.8 Å². The van der Waals surface area contributed by atoms with Crippen LogP contribution in [0.25, 0.3) is 22.9 Å². The van der Waals surface area contributed by atoms with Crippen LogP contribution in [0.5, 0.6) is 11.5 Å². The van der Waals surface area contributed by atoms with Crippen LogP contribution in [0.1, 0.15) is 0 Å². The number of aromatic nitrogens is 2. The number of methoxy groups -OCH3 is 1. The first-order valence-electron chi connectivity index (χ1n) is 6.26. The summed E-state index contributed by atoms with van der Waals surface area (Å²) in [5.41, 5.74) is 0.813. The standard InChI is InChI=1S/C15H10Cl2N2O3/c1-21-11-7-2-4-8(13(11)20)14-18-19-15(22-14)12-9(16)5-3-6-10(12)17/h2-7,20H,1H3. The van der Waals surface area contributed by atoms with Gasteiger partial charge in [-0.2, -0.15) is 0 Å². The van der Waals surface area contributed by atoms with E-state index >= 15 is 0 Å². The monoisotopic (exact) mass is 336 g/mol. The zero-order valence-electron chi connectivity index (χ0n) is 11.4. The van der Waals surface area contributed by atoms with Crippen molar-refractivity contribution in [1.29, 1.82) is 0 Å². The van der Waals surface area contributed by atoms with Gasteiger partial charge in [0.15, 0.2) is 11.5 Å². The highest BCUT2D eigenvalue weighted by atomic mass is 35.5. The Kier molecular flexibility index (Phi) is 3.92. The normalized spacial score (nSPS) is 10.7. The topological polar surface area (TPSA) is 68.4 Å². The molecule has 0 saturated heterocycles. The van der Waals surface area contributed by atoms with E-state index in [1.807, 2.05) is 0 Å². The fourth-order valence-electron chi connectivity index (χ4n) is 1.99. The molecule has 3 aromatic rings. The minimum atomic E-state index is -0.0783. The number of phenolic OH excluding ortho intramolecular Hbond substituents is 1. The van der Waals surface area contributed by atoms with E-state index in [0.29, 0.717) is 26.9 Å². The Morgan fingerprint density at radius 1 is 1.00 bits per heavy atom. The first-order chi connectivity index (χ1) is 10.6. The third-order valence-electron chi connectivity index (χ3n) is 3.05. The van der Waals surface area contributed by atoms with Gasteiger partial charge in [-0.05, 0) is 24.3 Å². The van der Waals surface area contributed by atoms with Gasteiger partial charge < -0.3 is 14.3 Å². The fraction of sp³-hybridized carbons (Fsp3) is 0.0667. The number of ether oxygens (including phenoxy) is 1. The molecule has 5 nitrogen and oxygen atoms in total. The Bertz CT molecular complexity index is 813. The number of hydrogen-bond acceptors (Lipinski definition) is 5. The van der Waals surface area contributed by atoms with E-state index in [9.17, 15) is 5.11 Å². The molecule has 0 atom stereocenters. The first-order valence-corrected chi connectivity index (χ1v) is 7.01. The average molecular weight is 337 g/mol. The third kappa shape index (κ3) is 2.49. The van der Waals surface area contributed by atoms with Crippen molar-refractivity contribution in [2.45, 2.75) is 0 Å². The Morgan fingerprint density at radius 2 is 1.64 bits per heavy atom. The largest absolute Gasteiger partial charge is 0.504 e. The van der Waals surface area contributed by atoms with Crippen LogP contribution >= 0.6 is 23.2 Å². The number of aromatic hydroxyl groups is 1. The predicted octanol–water partition coefficient (Wildman–Crippen LogP) is 4.42. The molecule has 3 rings (SSSR count). The highest BCUT2D eigenvalue weighted by molar-refractivity contribution is 6.38. The second kappa shape index (κ2) is 5.87. The smallest absolute Gasteiger partial charge is 0.252 e. The van der Waals surface area contributed by atoms with Gasteiger partial charge in [-0.15, -0.1) is 10.2 Å². The van der Waals surface area contributed by atoms with Gasteiger partial charge in [0.2, 0.25) is 0 Å². The molecule has 2 aromatic carbocycles. The summed E-state index contributed by atoms with van der Waals surface area (Å²) in [6.45, 7) is 0. The minimum absolute atomic E-state index is 0.0783. The SMILES string of the molecule is COc1cccc(-c2nnc(-c3c(Cl)cccc3Cl)o2)c1O. The van der Waals surface area contributed by atoms with Crippen LogP contribution in [-0.2, 0) is 0 Å². The molecule has 22 heavy (non-hydrogen) atoms. The lowest BCUT2D eigenvalue weighted by atomic mass is 10.2. The Balaban J connectivity index is 2.09. The second-order valence-corrected chi connectivity index (χ2v) is 5.18. The van der Waals surface area contributed by atoms with E-state index < -0.39 is 0 Å². The lowest BCUT2D eigenvalue weighted by Crippen LogP contribution is -1.86. The van der Waals surface area contributed by atoms with E-state index in [0.717, 1.165) is 0 Å². The molecule has 0 spiro atoms. The molecule has 0 saturated carbocycles. The molecule has 0 radical (unpaired) electrons. The molecular weight excluding hydrogens is 327 g/mol.